The molecule has 0 aliphatic heterocycles. The number of aryl methyl sites for hydroxylation is 1. The largest absolute Gasteiger partial charge is 0.507 e. The molecule has 4 rings (SSSR count). The number of nitrogens with zero attached hydrogens (tertiary/aromatic N) is 4. The van der Waals surface area contributed by atoms with Gasteiger partial charge in [0.05, 0.1) is 5.69 Å². The maximum absolute atomic E-state index is 10.1. The van der Waals surface area contributed by atoms with Crippen molar-refractivity contribution in [3.8, 4) is 22.7 Å². The molecule has 0 aliphatic carbocycles. The topological polar surface area (TPSA) is 63.3 Å². The summed E-state index contributed by atoms with van der Waals surface area (Å²) in [5.74, 6) is 0.578. The minimum absolute atomic E-state index is 0.0450. The molecule has 0 fully saturated rings. The molecule has 144 valence electrons. The molecule has 7 heteroatoms. The van der Waals surface area contributed by atoms with Gasteiger partial charge >= 0.3 is 0 Å². The molecule has 0 aliphatic rings. The van der Waals surface area contributed by atoms with Gasteiger partial charge in [-0.05, 0) is 49.4 Å². The maximum atomic E-state index is 10.1. The number of phenolic OH excluding ortho intramolecular Hbond substituents is 1. The predicted octanol–water partition coefficient (Wildman–Crippen LogP) is 6.01. The van der Waals surface area contributed by atoms with Gasteiger partial charge in [0.25, 0.3) is 0 Å². The SMILES string of the molecule is Cc1ccc(-c2nnn(-c3ccc(Cl)cc3)c2/N=C/c2ccc(Cl)cc2O)cc1. The third-order valence-corrected chi connectivity index (χ3v) is 4.85. The highest BCUT2D eigenvalue weighted by molar-refractivity contribution is 6.31. The highest BCUT2D eigenvalue weighted by atomic mass is 35.5. The molecule has 0 radical (unpaired) electrons. The summed E-state index contributed by atoms with van der Waals surface area (Å²) < 4.78 is 1.63. The minimum Gasteiger partial charge on any atom is -0.507 e. The van der Waals surface area contributed by atoms with E-state index in [0.717, 1.165) is 16.8 Å². The lowest BCUT2D eigenvalue weighted by Gasteiger charge is -2.05. The van der Waals surface area contributed by atoms with Gasteiger partial charge in [0.15, 0.2) is 5.82 Å². The van der Waals surface area contributed by atoms with E-state index in [1.165, 1.54) is 6.07 Å². The number of halogens is 2. The Kier molecular flexibility index (Phi) is 5.34. The van der Waals surface area contributed by atoms with Crippen LogP contribution in [0.15, 0.2) is 71.7 Å². The smallest absolute Gasteiger partial charge is 0.184 e. The van der Waals surface area contributed by atoms with E-state index in [-0.39, 0.29) is 5.75 Å². The molecule has 3 aromatic carbocycles. The first-order chi connectivity index (χ1) is 14.0. The average molecular weight is 423 g/mol. The van der Waals surface area contributed by atoms with Gasteiger partial charge in [0.2, 0.25) is 0 Å². The molecule has 0 saturated heterocycles. The Bertz CT molecular complexity index is 1120. The summed E-state index contributed by atoms with van der Waals surface area (Å²) in [6, 6.07) is 20.1. The van der Waals surface area contributed by atoms with Gasteiger partial charge in [-0.1, -0.05) is 58.2 Å². The molecule has 0 unspecified atom stereocenters. The number of benzene rings is 3. The summed E-state index contributed by atoms with van der Waals surface area (Å²) >= 11 is 11.9. The van der Waals surface area contributed by atoms with E-state index in [9.17, 15) is 5.11 Å². The van der Waals surface area contributed by atoms with E-state index in [0.29, 0.717) is 27.1 Å². The zero-order valence-electron chi connectivity index (χ0n) is 15.4. The van der Waals surface area contributed by atoms with Crippen molar-refractivity contribution in [2.24, 2.45) is 4.99 Å². The van der Waals surface area contributed by atoms with Crippen LogP contribution in [0.2, 0.25) is 10.0 Å². The third kappa shape index (κ3) is 4.16. The van der Waals surface area contributed by atoms with Gasteiger partial charge < -0.3 is 5.11 Å². The van der Waals surface area contributed by atoms with Crippen molar-refractivity contribution in [2.45, 2.75) is 6.92 Å². The Balaban J connectivity index is 1.83. The molecule has 0 amide bonds. The van der Waals surface area contributed by atoms with Crippen LogP contribution in [0.25, 0.3) is 16.9 Å². The first-order valence-electron chi connectivity index (χ1n) is 8.82. The standard InChI is InChI=1S/C22H16Cl2N4O/c1-14-2-4-15(5-3-14)21-22(25-13-16-6-7-18(24)12-20(16)29)28(27-26-21)19-10-8-17(23)9-11-19/h2-13,29H,1H3/b25-13+. The van der Waals surface area contributed by atoms with E-state index in [2.05, 4.69) is 15.3 Å². The summed E-state index contributed by atoms with van der Waals surface area (Å²) in [7, 11) is 0. The molecule has 0 saturated carbocycles. The van der Waals surface area contributed by atoms with Crippen LogP contribution in [0.3, 0.4) is 0 Å². The van der Waals surface area contributed by atoms with Crippen molar-refractivity contribution >= 4 is 35.2 Å². The Morgan fingerprint density at radius 1 is 0.931 bits per heavy atom. The van der Waals surface area contributed by atoms with Crippen LogP contribution in [-0.4, -0.2) is 26.3 Å². The van der Waals surface area contributed by atoms with E-state index in [1.807, 2.05) is 43.3 Å². The van der Waals surface area contributed by atoms with Crippen LogP contribution < -0.4 is 0 Å². The Morgan fingerprint density at radius 3 is 2.31 bits per heavy atom. The fourth-order valence-corrected chi connectivity index (χ4v) is 3.10. The second-order valence-electron chi connectivity index (χ2n) is 6.48. The molecule has 0 atom stereocenters. The van der Waals surface area contributed by atoms with E-state index < -0.39 is 0 Å². The molecule has 1 N–H and O–H groups in total. The maximum Gasteiger partial charge on any atom is 0.184 e. The second-order valence-corrected chi connectivity index (χ2v) is 7.35. The van der Waals surface area contributed by atoms with Crippen molar-refractivity contribution in [3.63, 3.8) is 0 Å². The zero-order valence-corrected chi connectivity index (χ0v) is 16.9. The van der Waals surface area contributed by atoms with Crippen LogP contribution in [-0.2, 0) is 0 Å². The van der Waals surface area contributed by atoms with Crippen molar-refractivity contribution in [2.75, 3.05) is 0 Å². The van der Waals surface area contributed by atoms with E-state index in [4.69, 9.17) is 23.2 Å². The number of phenols is 1. The number of hydrogen-bond acceptors (Lipinski definition) is 4. The van der Waals surface area contributed by atoms with Gasteiger partial charge in [-0.25, -0.2) is 4.99 Å². The first kappa shape index (κ1) is 19.2. The predicted molar refractivity (Wildman–Crippen MR) is 117 cm³/mol. The van der Waals surface area contributed by atoms with Gasteiger partial charge in [0, 0.05) is 27.4 Å². The monoisotopic (exact) mass is 422 g/mol. The van der Waals surface area contributed by atoms with Crippen molar-refractivity contribution in [3.05, 3.63) is 87.9 Å². The summed E-state index contributed by atoms with van der Waals surface area (Å²) in [5, 5.41) is 19.8. The lowest BCUT2D eigenvalue weighted by atomic mass is 10.1. The van der Waals surface area contributed by atoms with Crippen LogP contribution in [0.4, 0.5) is 5.82 Å². The minimum atomic E-state index is 0.0450. The van der Waals surface area contributed by atoms with Gasteiger partial charge in [-0.3, -0.25) is 0 Å². The summed E-state index contributed by atoms with van der Waals surface area (Å²) in [4.78, 5) is 4.60. The molecular weight excluding hydrogens is 407 g/mol. The Hall–Kier alpha value is -3.15. The van der Waals surface area contributed by atoms with Crippen molar-refractivity contribution in [1.82, 2.24) is 15.0 Å². The van der Waals surface area contributed by atoms with E-state index in [1.54, 1.807) is 35.2 Å². The van der Waals surface area contributed by atoms with Crippen LogP contribution >= 0.6 is 23.2 Å². The molecule has 4 aromatic rings. The molecule has 29 heavy (non-hydrogen) atoms. The molecule has 0 spiro atoms. The number of rotatable bonds is 4. The highest BCUT2D eigenvalue weighted by Crippen LogP contribution is 2.31. The third-order valence-electron chi connectivity index (χ3n) is 4.36. The number of aromatic nitrogens is 3. The van der Waals surface area contributed by atoms with Crippen LogP contribution in [0.5, 0.6) is 5.75 Å². The zero-order chi connectivity index (χ0) is 20.4. The van der Waals surface area contributed by atoms with Crippen molar-refractivity contribution in [1.29, 1.82) is 0 Å². The summed E-state index contributed by atoms with van der Waals surface area (Å²) in [6.45, 7) is 2.02. The number of aliphatic imine (C=N–C) groups is 1. The lowest BCUT2D eigenvalue weighted by molar-refractivity contribution is 0.474. The molecule has 1 heterocycles. The fraction of sp³-hybridized carbons (Fsp3) is 0.0455. The first-order valence-corrected chi connectivity index (χ1v) is 9.58. The van der Waals surface area contributed by atoms with Crippen LogP contribution in [0, 0.1) is 6.92 Å². The quantitative estimate of drug-likeness (QED) is 0.409. The lowest BCUT2D eigenvalue weighted by Crippen LogP contribution is -1.96. The van der Waals surface area contributed by atoms with Crippen molar-refractivity contribution < 1.29 is 5.11 Å². The van der Waals surface area contributed by atoms with Gasteiger partial charge in [0.1, 0.15) is 11.4 Å². The highest BCUT2D eigenvalue weighted by Gasteiger charge is 2.15. The van der Waals surface area contributed by atoms with E-state index >= 15 is 0 Å². The summed E-state index contributed by atoms with van der Waals surface area (Å²) in [6.07, 6.45) is 1.56. The average Bonchev–Trinajstić information content (AvgIpc) is 3.12. The summed E-state index contributed by atoms with van der Waals surface area (Å²) in [5.41, 5.74) is 3.98. The van der Waals surface area contributed by atoms with Gasteiger partial charge in [-0.15, -0.1) is 5.10 Å². The molecule has 0 bridgehead atoms. The molecule has 1 aromatic heterocycles. The second kappa shape index (κ2) is 8.07. The number of aromatic hydroxyl groups is 1. The number of hydrogen-bond donors (Lipinski definition) is 1. The molecular formula is C22H16Cl2N4O. The normalized spacial score (nSPS) is 11.3. The fourth-order valence-electron chi connectivity index (χ4n) is 2.80. The van der Waals surface area contributed by atoms with Crippen LogP contribution in [0.1, 0.15) is 11.1 Å². The molecule has 5 nitrogen and oxygen atoms in total. The Morgan fingerprint density at radius 2 is 1.62 bits per heavy atom. The van der Waals surface area contributed by atoms with Gasteiger partial charge in [-0.2, -0.15) is 4.68 Å². The Labute approximate surface area is 177 Å².